The summed E-state index contributed by atoms with van der Waals surface area (Å²) >= 11 is 0. The Morgan fingerprint density at radius 3 is 2.18 bits per heavy atom. The second-order valence-corrected chi connectivity index (χ2v) is 8.53. The topological polar surface area (TPSA) is 80.5 Å². The summed E-state index contributed by atoms with van der Waals surface area (Å²) in [6, 6.07) is 3.94. The normalized spacial score (nSPS) is 17.7. The molecule has 9 nitrogen and oxygen atoms in total. The molecule has 1 amide bonds. The van der Waals surface area contributed by atoms with Gasteiger partial charge in [-0.15, -0.1) is 0 Å². The summed E-state index contributed by atoms with van der Waals surface area (Å²) in [4.78, 5) is 23.7. The van der Waals surface area contributed by atoms with Crippen LogP contribution in [-0.2, 0) is 13.1 Å². The van der Waals surface area contributed by atoms with Crippen LogP contribution in [0.4, 0.5) is 0 Å². The highest BCUT2D eigenvalue weighted by Crippen LogP contribution is 2.40. The lowest BCUT2D eigenvalue weighted by molar-refractivity contribution is 0.0718. The molecule has 0 saturated carbocycles. The Balaban J connectivity index is 1.30. The van der Waals surface area contributed by atoms with Crippen LogP contribution in [0, 0.1) is 0 Å². The first-order valence-corrected chi connectivity index (χ1v) is 11.6. The Hall–Kier alpha value is -2.78. The second kappa shape index (κ2) is 10.9. The van der Waals surface area contributed by atoms with Crippen molar-refractivity contribution >= 4 is 5.91 Å². The zero-order chi connectivity index (χ0) is 23.2. The molecule has 0 radical (unpaired) electrons. The van der Waals surface area contributed by atoms with Crippen LogP contribution in [0.5, 0.6) is 17.2 Å². The summed E-state index contributed by atoms with van der Waals surface area (Å²) in [5, 5.41) is 0. The quantitative estimate of drug-likeness (QED) is 0.597. The molecular weight excluding hydrogens is 424 g/mol. The van der Waals surface area contributed by atoms with Gasteiger partial charge in [0.1, 0.15) is 6.26 Å². The number of hydrogen-bond donors (Lipinski definition) is 0. The number of ether oxygens (including phenoxy) is 3. The van der Waals surface area contributed by atoms with E-state index >= 15 is 0 Å². The maximum atomic E-state index is 12.6. The van der Waals surface area contributed by atoms with E-state index in [1.54, 1.807) is 21.3 Å². The number of hydrogen-bond acceptors (Lipinski definition) is 8. The van der Waals surface area contributed by atoms with Crippen LogP contribution < -0.4 is 14.2 Å². The van der Waals surface area contributed by atoms with Crippen molar-refractivity contribution in [3.8, 4) is 17.2 Å². The number of likely N-dealkylation sites (tertiary alicyclic amines) is 1. The van der Waals surface area contributed by atoms with Crippen molar-refractivity contribution < 1.29 is 23.4 Å². The SMILES string of the molecule is COc1ccc(CN2CCN(Cc3nc(C(=O)N4CCCCC4)co3)CC2)c(OC)c1OC. The van der Waals surface area contributed by atoms with Crippen LogP contribution >= 0.6 is 0 Å². The van der Waals surface area contributed by atoms with E-state index in [9.17, 15) is 4.79 Å². The standard InChI is InChI=1S/C24H34N4O5/c1-30-20-8-7-18(22(31-2)23(20)32-3)15-26-11-13-27(14-12-26)16-21-25-19(17-33-21)24(29)28-9-5-4-6-10-28/h7-8,17H,4-6,9-16H2,1-3H3. The van der Waals surface area contributed by atoms with Gasteiger partial charge in [0.15, 0.2) is 17.2 Å². The fourth-order valence-corrected chi connectivity index (χ4v) is 4.57. The fourth-order valence-electron chi connectivity index (χ4n) is 4.57. The van der Waals surface area contributed by atoms with Gasteiger partial charge >= 0.3 is 0 Å². The number of aromatic nitrogens is 1. The number of oxazole rings is 1. The highest BCUT2D eigenvalue weighted by atomic mass is 16.5. The number of amides is 1. The molecule has 0 bridgehead atoms. The highest BCUT2D eigenvalue weighted by molar-refractivity contribution is 5.92. The van der Waals surface area contributed by atoms with Gasteiger partial charge in [0.2, 0.25) is 11.6 Å². The smallest absolute Gasteiger partial charge is 0.275 e. The van der Waals surface area contributed by atoms with Crippen LogP contribution in [0.2, 0.25) is 0 Å². The predicted molar refractivity (Wildman–Crippen MR) is 123 cm³/mol. The van der Waals surface area contributed by atoms with E-state index in [2.05, 4.69) is 14.8 Å². The van der Waals surface area contributed by atoms with Crippen LogP contribution in [0.3, 0.4) is 0 Å². The van der Waals surface area contributed by atoms with Crippen LogP contribution in [-0.4, -0.2) is 86.2 Å². The number of nitrogens with zero attached hydrogens (tertiary/aromatic N) is 4. The molecule has 3 heterocycles. The maximum absolute atomic E-state index is 12.6. The molecule has 2 aromatic rings. The minimum Gasteiger partial charge on any atom is -0.493 e. The number of benzene rings is 1. The van der Waals surface area contributed by atoms with Crippen molar-refractivity contribution in [2.75, 3.05) is 60.6 Å². The summed E-state index contributed by atoms with van der Waals surface area (Å²) in [5.74, 6) is 2.58. The molecule has 0 N–H and O–H groups in total. The van der Waals surface area contributed by atoms with E-state index in [1.807, 2.05) is 17.0 Å². The van der Waals surface area contributed by atoms with Crippen LogP contribution in [0.1, 0.15) is 41.2 Å². The predicted octanol–water partition coefficient (Wildman–Crippen LogP) is 2.64. The lowest BCUT2D eigenvalue weighted by Gasteiger charge is -2.34. The number of piperidine rings is 1. The lowest BCUT2D eigenvalue weighted by Crippen LogP contribution is -2.45. The summed E-state index contributed by atoms with van der Waals surface area (Å²) in [5.41, 5.74) is 1.49. The second-order valence-electron chi connectivity index (χ2n) is 8.53. The summed E-state index contributed by atoms with van der Waals surface area (Å²) in [7, 11) is 4.90. The molecule has 0 unspecified atom stereocenters. The van der Waals surface area contributed by atoms with Crippen LogP contribution in [0.15, 0.2) is 22.8 Å². The molecule has 4 rings (SSSR count). The molecule has 2 aliphatic heterocycles. The first-order valence-electron chi connectivity index (χ1n) is 11.6. The van der Waals surface area contributed by atoms with Crippen molar-refractivity contribution in [3.05, 3.63) is 35.5 Å². The Labute approximate surface area is 195 Å². The number of carbonyl (C=O) groups excluding carboxylic acids is 1. The Morgan fingerprint density at radius 2 is 1.55 bits per heavy atom. The average molecular weight is 459 g/mol. The van der Waals surface area contributed by atoms with Gasteiger partial charge in [0, 0.05) is 51.4 Å². The molecule has 1 aromatic carbocycles. The third-order valence-corrected chi connectivity index (χ3v) is 6.42. The number of methoxy groups -OCH3 is 3. The number of rotatable bonds is 8. The highest BCUT2D eigenvalue weighted by Gasteiger charge is 2.24. The molecule has 2 aliphatic rings. The molecule has 0 spiro atoms. The minimum atomic E-state index is -0.0154. The zero-order valence-electron chi connectivity index (χ0n) is 19.8. The molecule has 0 atom stereocenters. The van der Waals surface area contributed by atoms with Gasteiger partial charge in [-0.1, -0.05) is 6.07 Å². The van der Waals surface area contributed by atoms with E-state index in [1.165, 1.54) is 12.7 Å². The first kappa shape index (κ1) is 23.4. The van der Waals surface area contributed by atoms with Gasteiger partial charge in [0.05, 0.1) is 27.9 Å². The molecule has 9 heteroatoms. The van der Waals surface area contributed by atoms with Gasteiger partial charge in [-0.2, -0.15) is 0 Å². The van der Waals surface area contributed by atoms with Gasteiger partial charge in [-0.05, 0) is 25.3 Å². The molecule has 180 valence electrons. The van der Waals surface area contributed by atoms with E-state index in [-0.39, 0.29) is 5.91 Å². The Kier molecular flexibility index (Phi) is 7.72. The van der Waals surface area contributed by atoms with Crippen LogP contribution in [0.25, 0.3) is 0 Å². The van der Waals surface area contributed by atoms with Gasteiger partial charge in [-0.3, -0.25) is 14.6 Å². The lowest BCUT2D eigenvalue weighted by atomic mass is 10.1. The third-order valence-electron chi connectivity index (χ3n) is 6.42. The molecule has 2 saturated heterocycles. The van der Waals surface area contributed by atoms with Crippen molar-refractivity contribution in [2.45, 2.75) is 32.4 Å². The van der Waals surface area contributed by atoms with E-state index in [4.69, 9.17) is 18.6 Å². The first-order chi connectivity index (χ1) is 16.1. The van der Waals surface area contributed by atoms with Crippen molar-refractivity contribution in [2.24, 2.45) is 0 Å². The Morgan fingerprint density at radius 1 is 0.879 bits per heavy atom. The molecular formula is C24H34N4O5. The van der Waals surface area contributed by atoms with Crippen molar-refractivity contribution in [1.82, 2.24) is 19.7 Å². The Bertz CT molecular complexity index is 933. The van der Waals surface area contributed by atoms with Gasteiger partial charge in [-0.25, -0.2) is 4.98 Å². The summed E-state index contributed by atoms with van der Waals surface area (Å²) in [6.07, 6.45) is 4.83. The third kappa shape index (κ3) is 5.42. The molecule has 1 aromatic heterocycles. The van der Waals surface area contributed by atoms with E-state index < -0.39 is 0 Å². The summed E-state index contributed by atoms with van der Waals surface area (Å²) < 4.78 is 22.1. The largest absolute Gasteiger partial charge is 0.493 e. The van der Waals surface area contributed by atoms with E-state index in [0.717, 1.165) is 64.2 Å². The van der Waals surface area contributed by atoms with Gasteiger partial charge < -0.3 is 23.5 Å². The average Bonchev–Trinajstić information content (AvgIpc) is 3.33. The molecule has 0 aliphatic carbocycles. The minimum absolute atomic E-state index is 0.0154. The number of piperazine rings is 1. The monoisotopic (exact) mass is 458 g/mol. The fraction of sp³-hybridized carbons (Fsp3) is 0.583. The maximum Gasteiger partial charge on any atom is 0.275 e. The summed E-state index contributed by atoms with van der Waals surface area (Å²) in [6.45, 7) is 6.63. The van der Waals surface area contributed by atoms with Crippen molar-refractivity contribution in [3.63, 3.8) is 0 Å². The van der Waals surface area contributed by atoms with E-state index in [0.29, 0.717) is 35.4 Å². The molecule has 33 heavy (non-hydrogen) atoms. The number of carbonyl (C=O) groups is 1. The van der Waals surface area contributed by atoms with Gasteiger partial charge in [0.25, 0.3) is 5.91 Å². The molecule has 2 fully saturated rings. The van der Waals surface area contributed by atoms with Crippen molar-refractivity contribution in [1.29, 1.82) is 0 Å². The zero-order valence-corrected chi connectivity index (χ0v) is 19.8.